The fraction of sp³-hybridized carbons (Fsp3) is 0.769. The predicted octanol–water partition coefficient (Wildman–Crippen LogP) is 1.65. The van der Waals surface area contributed by atoms with Crippen LogP contribution in [0.15, 0.2) is 6.20 Å². The molecule has 0 saturated carbocycles. The number of hydrogen-bond donors (Lipinski definition) is 1. The highest BCUT2D eigenvalue weighted by Crippen LogP contribution is 2.35. The largest absolute Gasteiger partial charge is 0.317 e. The molecule has 0 atom stereocenters. The molecular weight excluding hydrogens is 228 g/mol. The molecule has 2 heterocycles. The van der Waals surface area contributed by atoms with Gasteiger partial charge < -0.3 is 5.32 Å². The lowest BCUT2D eigenvalue weighted by atomic mass is 9.72. The molecule has 1 saturated heterocycles. The van der Waals surface area contributed by atoms with Gasteiger partial charge in [0.15, 0.2) is 5.78 Å². The van der Waals surface area contributed by atoms with Crippen molar-refractivity contribution in [3.8, 4) is 0 Å². The molecule has 0 aliphatic carbocycles. The molecule has 1 aromatic heterocycles. The standard InChI is InChI=1S/C13H22N4O/c1-3-9-17-11(10-15-16-17)12(18)13(4-2)5-7-14-8-6-13/h10,14H,3-9H2,1-2H3. The van der Waals surface area contributed by atoms with Gasteiger partial charge in [0, 0.05) is 12.0 Å². The molecule has 18 heavy (non-hydrogen) atoms. The molecule has 0 amide bonds. The Morgan fingerprint density at radius 1 is 1.44 bits per heavy atom. The number of Topliss-reactive ketones (excluding diaryl/α,β-unsaturated/α-hetero) is 1. The van der Waals surface area contributed by atoms with Crippen LogP contribution in [-0.4, -0.2) is 33.9 Å². The van der Waals surface area contributed by atoms with Crippen LogP contribution in [0.4, 0.5) is 0 Å². The zero-order chi connectivity index (χ0) is 13.0. The van der Waals surface area contributed by atoms with E-state index in [1.807, 2.05) is 0 Å². The fourth-order valence-corrected chi connectivity index (χ4v) is 2.73. The van der Waals surface area contributed by atoms with Crippen LogP contribution in [0.3, 0.4) is 0 Å². The molecule has 1 N–H and O–H groups in total. The third kappa shape index (κ3) is 2.32. The third-order valence-electron chi connectivity index (χ3n) is 4.00. The number of carbonyl (C=O) groups excluding carboxylic acids is 1. The van der Waals surface area contributed by atoms with E-state index in [1.54, 1.807) is 10.9 Å². The van der Waals surface area contributed by atoms with Gasteiger partial charge in [0.1, 0.15) is 5.69 Å². The van der Waals surface area contributed by atoms with Gasteiger partial charge in [-0.25, -0.2) is 4.68 Å². The first-order chi connectivity index (χ1) is 8.73. The molecule has 1 aromatic rings. The number of nitrogens with one attached hydrogen (secondary N) is 1. The van der Waals surface area contributed by atoms with Crippen molar-refractivity contribution in [1.82, 2.24) is 20.3 Å². The molecule has 100 valence electrons. The maximum absolute atomic E-state index is 12.8. The normalized spacial score (nSPS) is 18.8. The average molecular weight is 250 g/mol. The first-order valence-corrected chi connectivity index (χ1v) is 6.87. The van der Waals surface area contributed by atoms with E-state index in [9.17, 15) is 4.79 Å². The lowest BCUT2D eigenvalue weighted by Crippen LogP contribution is -2.42. The third-order valence-corrected chi connectivity index (χ3v) is 4.00. The van der Waals surface area contributed by atoms with Crippen molar-refractivity contribution >= 4 is 5.78 Å². The Morgan fingerprint density at radius 2 is 2.17 bits per heavy atom. The van der Waals surface area contributed by atoms with E-state index in [-0.39, 0.29) is 11.2 Å². The van der Waals surface area contributed by atoms with Crippen molar-refractivity contribution in [2.45, 2.75) is 46.1 Å². The van der Waals surface area contributed by atoms with Crippen LogP contribution >= 0.6 is 0 Å². The predicted molar refractivity (Wildman–Crippen MR) is 69.5 cm³/mol. The maximum atomic E-state index is 12.8. The van der Waals surface area contributed by atoms with Gasteiger partial charge in [-0.3, -0.25) is 4.79 Å². The highest BCUT2D eigenvalue weighted by Gasteiger charge is 2.39. The average Bonchev–Trinajstić information content (AvgIpc) is 2.87. The van der Waals surface area contributed by atoms with Gasteiger partial charge in [-0.15, -0.1) is 5.10 Å². The summed E-state index contributed by atoms with van der Waals surface area (Å²) >= 11 is 0. The van der Waals surface area contributed by atoms with Crippen LogP contribution in [0.25, 0.3) is 0 Å². The van der Waals surface area contributed by atoms with Crippen molar-refractivity contribution < 1.29 is 4.79 Å². The number of hydrogen-bond acceptors (Lipinski definition) is 4. The zero-order valence-electron chi connectivity index (χ0n) is 11.3. The lowest BCUT2D eigenvalue weighted by Gasteiger charge is -2.35. The lowest BCUT2D eigenvalue weighted by molar-refractivity contribution is 0.0705. The summed E-state index contributed by atoms with van der Waals surface area (Å²) in [6, 6.07) is 0. The number of carbonyl (C=O) groups is 1. The van der Waals surface area contributed by atoms with Crippen LogP contribution in [-0.2, 0) is 6.54 Å². The van der Waals surface area contributed by atoms with Gasteiger partial charge in [0.2, 0.25) is 0 Å². The Kier molecular flexibility index (Phi) is 4.11. The van der Waals surface area contributed by atoms with E-state index >= 15 is 0 Å². The van der Waals surface area contributed by atoms with Crippen LogP contribution in [0, 0.1) is 5.41 Å². The van der Waals surface area contributed by atoms with Gasteiger partial charge in [-0.05, 0) is 38.8 Å². The molecule has 1 fully saturated rings. The summed E-state index contributed by atoms with van der Waals surface area (Å²) in [5.41, 5.74) is 0.471. The second-order valence-corrected chi connectivity index (χ2v) is 5.06. The Balaban J connectivity index is 2.25. The van der Waals surface area contributed by atoms with E-state index in [1.165, 1.54) is 0 Å². The Hall–Kier alpha value is -1.23. The molecule has 0 bridgehead atoms. The highest BCUT2D eigenvalue weighted by atomic mass is 16.1. The number of piperidine rings is 1. The van der Waals surface area contributed by atoms with E-state index < -0.39 is 0 Å². The molecule has 1 aliphatic heterocycles. The molecule has 0 radical (unpaired) electrons. The molecule has 2 rings (SSSR count). The van der Waals surface area contributed by atoms with Crippen molar-refractivity contribution in [2.75, 3.05) is 13.1 Å². The number of rotatable bonds is 5. The Bertz CT molecular complexity index is 407. The monoisotopic (exact) mass is 250 g/mol. The second kappa shape index (κ2) is 5.61. The van der Waals surface area contributed by atoms with E-state index in [2.05, 4.69) is 29.5 Å². The maximum Gasteiger partial charge on any atom is 0.188 e. The molecule has 5 nitrogen and oxygen atoms in total. The first kappa shape index (κ1) is 13.2. The first-order valence-electron chi connectivity index (χ1n) is 6.87. The summed E-state index contributed by atoms with van der Waals surface area (Å²) in [5, 5.41) is 11.2. The topological polar surface area (TPSA) is 59.8 Å². The SMILES string of the molecule is CCCn1nncc1C(=O)C1(CC)CCNCC1. The van der Waals surface area contributed by atoms with Crippen molar-refractivity contribution in [1.29, 1.82) is 0 Å². The minimum absolute atomic E-state index is 0.210. The van der Waals surface area contributed by atoms with Crippen LogP contribution < -0.4 is 5.32 Å². The summed E-state index contributed by atoms with van der Waals surface area (Å²) in [7, 11) is 0. The smallest absolute Gasteiger partial charge is 0.188 e. The fourth-order valence-electron chi connectivity index (χ4n) is 2.73. The summed E-state index contributed by atoms with van der Waals surface area (Å²) in [5.74, 6) is 0.227. The minimum atomic E-state index is -0.210. The van der Waals surface area contributed by atoms with Crippen molar-refractivity contribution in [3.63, 3.8) is 0 Å². The summed E-state index contributed by atoms with van der Waals surface area (Å²) < 4.78 is 1.75. The van der Waals surface area contributed by atoms with Gasteiger partial charge >= 0.3 is 0 Å². The molecular formula is C13H22N4O. The van der Waals surface area contributed by atoms with Crippen LogP contribution in [0.1, 0.15) is 50.0 Å². The van der Waals surface area contributed by atoms with Crippen molar-refractivity contribution in [3.05, 3.63) is 11.9 Å². The Labute approximate surface area is 108 Å². The molecule has 0 aromatic carbocycles. The van der Waals surface area contributed by atoms with Gasteiger partial charge in [0.25, 0.3) is 0 Å². The van der Waals surface area contributed by atoms with Crippen LogP contribution in [0.2, 0.25) is 0 Å². The van der Waals surface area contributed by atoms with E-state index in [4.69, 9.17) is 0 Å². The van der Waals surface area contributed by atoms with Crippen LogP contribution in [0.5, 0.6) is 0 Å². The minimum Gasteiger partial charge on any atom is -0.317 e. The number of ketones is 1. The quantitative estimate of drug-likeness (QED) is 0.807. The summed E-state index contributed by atoms with van der Waals surface area (Å²) in [6.07, 6.45) is 5.31. The number of aryl methyl sites for hydroxylation is 1. The summed E-state index contributed by atoms with van der Waals surface area (Å²) in [6.45, 7) is 6.80. The second-order valence-electron chi connectivity index (χ2n) is 5.06. The molecule has 5 heteroatoms. The van der Waals surface area contributed by atoms with E-state index in [0.29, 0.717) is 5.69 Å². The summed E-state index contributed by atoms with van der Waals surface area (Å²) in [4.78, 5) is 12.8. The highest BCUT2D eigenvalue weighted by molar-refractivity contribution is 5.98. The van der Waals surface area contributed by atoms with Gasteiger partial charge in [0.05, 0.1) is 6.20 Å². The Morgan fingerprint density at radius 3 is 2.78 bits per heavy atom. The van der Waals surface area contributed by atoms with E-state index in [0.717, 1.165) is 45.3 Å². The molecule has 0 unspecified atom stereocenters. The van der Waals surface area contributed by atoms with Gasteiger partial charge in [-0.2, -0.15) is 0 Å². The van der Waals surface area contributed by atoms with Gasteiger partial charge in [-0.1, -0.05) is 19.1 Å². The zero-order valence-corrected chi connectivity index (χ0v) is 11.3. The molecule has 1 aliphatic rings. The number of nitrogens with zero attached hydrogens (tertiary/aromatic N) is 3. The molecule has 0 spiro atoms. The van der Waals surface area contributed by atoms with Crippen molar-refractivity contribution in [2.24, 2.45) is 5.41 Å². The number of aromatic nitrogens is 3.